The van der Waals surface area contributed by atoms with Gasteiger partial charge in [-0.1, -0.05) is 12.1 Å². The number of aliphatic carboxylic acids is 1. The molecule has 1 aromatic carbocycles. The highest BCUT2D eigenvalue weighted by Gasteiger charge is 2.32. The van der Waals surface area contributed by atoms with Crippen molar-refractivity contribution >= 4 is 17.7 Å². The molecule has 0 bridgehead atoms. The topological polar surface area (TPSA) is 69.6 Å². The number of carboxylic acids is 1. The fraction of sp³-hybridized carbons (Fsp3) is 0.385. The standard InChI is InChI=1S/C13H15FN2O3/c14-9-5-1-2-6-10(9)15-13(19)16-8-4-3-7-11(16)12(17)18/h1-2,5-6,11H,3-4,7-8H2,(H,15,19)(H,17,18)/t11-/m1/s1. The molecule has 102 valence electrons. The van der Waals surface area contributed by atoms with E-state index in [0.717, 1.165) is 12.8 Å². The van der Waals surface area contributed by atoms with Crippen LogP contribution in [0.5, 0.6) is 0 Å². The number of carbonyl (C=O) groups excluding carboxylic acids is 1. The minimum absolute atomic E-state index is 0.0576. The van der Waals surface area contributed by atoms with Gasteiger partial charge in [0.25, 0.3) is 0 Å². The molecule has 2 N–H and O–H groups in total. The maximum atomic E-state index is 13.4. The van der Waals surface area contributed by atoms with Crippen LogP contribution in [-0.4, -0.2) is 34.6 Å². The van der Waals surface area contributed by atoms with Crippen LogP contribution < -0.4 is 5.32 Å². The zero-order chi connectivity index (χ0) is 13.8. The molecule has 0 unspecified atom stereocenters. The number of hydrogen-bond acceptors (Lipinski definition) is 2. The summed E-state index contributed by atoms with van der Waals surface area (Å²) in [6.45, 7) is 0.372. The molecule has 0 saturated carbocycles. The van der Waals surface area contributed by atoms with Crippen LogP contribution in [0.2, 0.25) is 0 Å². The number of urea groups is 1. The van der Waals surface area contributed by atoms with Gasteiger partial charge in [-0.25, -0.2) is 14.0 Å². The van der Waals surface area contributed by atoms with E-state index in [0.29, 0.717) is 13.0 Å². The third-order valence-corrected chi connectivity index (χ3v) is 3.16. The fourth-order valence-electron chi connectivity index (χ4n) is 2.18. The summed E-state index contributed by atoms with van der Waals surface area (Å²) in [4.78, 5) is 24.4. The lowest BCUT2D eigenvalue weighted by Gasteiger charge is -2.32. The van der Waals surface area contributed by atoms with Crippen molar-refractivity contribution in [1.82, 2.24) is 4.90 Å². The highest BCUT2D eigenvalue weighted by molar-refractivity contribution is 5.92. The van der Waals surface area contributed by atoms with Gasteiger partial charge in [0.1, 0.15) is 11.9 Å². The number of nitrogens with one attached hydrogen (secondary N) is 1. The Labute approximate surface area is 110 Å². The Balaban J connectivity index is 2.10. The number of halogens is 1. The third kappa shape index (κ3) is 3.01. The van der Waals surface area contributed by atoms with Crippen LogP contribution in [0.4, 0.5) is 14.9 Å². The average Bonchev–Trinajstić information content (AvgIpc) is 2.41. The molecule has 1 atom stereocenters. The van der Waals surface area contributed by atoms with Gasteiger partial charge < -0.3 is 15.3 Å². The van der Waals surface area contributed by atoms with Crippen LogP contribution in [0.3, 0.4) is 0 Å². The molecule has 0 aromatic heterocycles. The van der Waals surface area contributed by atoms with Gasteiger partial charge >= 0.3 is 12.0 Å². The van der Waals surface area contributed by atoms with E-state index in [-0.39, 0.29) is 5.69 Å². The number of piperidine rings is 1. The summed E-state index contributed by atoms with van der Waals surface area (Å²) in [5.74, 6) is -1.57. The molecule has 0 spiro atoms. The SMILES string of the molecule is O=C(O)[C@H]1CCCCN1C(=O)Nc1ccccc1F. The smallest absolute Gasteiger partial charge is 0.326 e. The van der Waals surface area contributed by atoms with E-state index in [2.05, 4.69) is 5.32 Å². The van der Waals surface area contributed by atoms with Crippen molar-refractivity contribution in [2.45, 2.75) is 25.3 Å². The van der Waals surface area contributed by atoms with E-state index in [1.165, 1.54) is 23.1 Å². The first kappa shape index (κ1) is 13.3. The highest BCUT2D eigenvalue weighted by atomic mass is 19.1. The molecule has 2 amide bonds. The van der Waals surface area contributed by atoms with Gasteiger partial charge in [-0.15, -0.1) is 0 Å². The summed E-state index contributed by atoms with van der Waals surface area (Å²) in [7, 11) is 0. The Hall–Kier alpha value is -2.11. The summed E-state index contributed by atoms with van der Waals surface area (Å²) in [5.41, 5.74) is 0.0576. The lowest BCUT2D eigenvalue weighted by atomic mass is 10.0. The van der Waals surface area contributed by atoms with E-state index in [1.807, 2.05) is 0 Å². The van der Waals surface area contributed by atoms with Crippen molar-refractivity contribution in [3.05, 3.63) is 30.1 Å². The van der Waals surface area contributed by atoms with Crippen molar-refractivity contribution in [3.8, 4) is 0 Å². The van der Waals surface area contributed by atoms with Crippen molar-refractivity contribution in [1.29, 1.82) is 0 Å². The molecule has 1 saturated heterocycles. The zero-order valence-corrected chi connectivity index (χ0v) is 10.3. The number of benzene rings is 1. The number of carbonyl (C=O) groups is 2. The largest absolute Gasteiger partial charge is 0.480 e. The molecule has 1 heterocycles. The van der Waals surface area contributed by atoms with Crippen molar-refractivity contribution < 1.29 is 19.1 Å². The Bertz CT molecular complexity index is 493. The molecule has 0 radical (unpaired) electrons. The second-order valence-corrected chi connectivity index (χ2v) is 4.45. The number of nitrogens with zero attached hydrogens (tertiary/aromatic N) is 1. The highest BCUT2D eigenvalue weighted by Crippen LogP contribution is 2.20. The minimum atomic E-state index is -1.02. The molecule has 2 rings (SSSR count). The normalized spacial score (nSPS) is 19.0. The van der Waals surface area contributed by atoms with E-state index in [9.17, 15) is 14.0 Å². The average molecular weight is 266 g/mol. The first-order valence-electron chi connectivity index (χ1n) is 6.14. The van der Waals surface area contributed by atoms with Gasteiger partial charge in [-0.2, -0.15) is 0 Å². The molecular weight excluding hydrogens is 251 g/mol. The number of amides is 2. The van der Waals surface area contributed by atoms with Crippen molar-refractivity contribution in [2.24, 2.45) is 0 Å². The lowest BCUT2D eigenvalue weighted by molar-refractivity contribution is -0.143. The first-order valence-corrected chi connectivity index (χ1v) is 6.14. The number of rotatable bonds is 2. The van der Waals surface area contributed by atoms with Crippen LogP contribution in [-0.2, 0) is 4.79 Å². The van der Waals surface area contributed by atoms with E-state index < -0.39 is 23.9 Å². The van der Waals surface area contributed by atoms with Gasteiger partial charge in [0.2, 0.25) is 0 Å². The Morgan fingerprint density at radius 2 is 2.05 bits per heavy atom. The van der Waals surface area contributed by atoms with Crippen LogP contribution in [0.25, 0.3) is 0 Å². The van der Waals surface area contributed by atoms with Crippen LogP contribution in [0.15, 0.2) is 24.3 Å². The fourth-order valence-corrected chi connectivity index (χ4v) is 2.18. The quantitative estimate of drug-likeness (QED) is 0.862. The molecular formula is C13H15FN2O3. The number of carboxylic acid groups (broad SMARTS) is 1. The summed E-state index contributed by atoms with van der Waals surface area (Å²) >= 11 is 0. The summed E-state index contributed by atoms with van der Waals surface area (Å²) in [6, 6.07) is 4.39. The molecule has 1 aliphatic heterocycles. The minimum Gasteiger partial charge on any atom is -0.480 e. The van der Waals surface area contributed by atoms with Crippen LogP contribution in [0, 0.1) is 5.82 Å². The molecule has 19 heavy (non-hydrogen) atoms. The third-order valence-electron chi connectivity index (χ3n) is 3.16. The summed E-state index contributed by atoms with van der Waals surface area (Å²) in [6.07, 6.45) is 1.97. The number of anilines is 1. The molecule has 0 aliphatic carbocycles. The molecule has 1 fully saturated rings. The van der Waals surface area contributed by atoms with Crippen molar-refractivity contribution in [2.75, 3.05) is 11.9 Å². The number of hydrogen-bond donors (Lipinski definition) is 2. The maximum Gasteiger partial charge on any atom is 0.326 e. The van der Waals surface area contributed by atoms with Crippen LogP contribution in [0.1, 0.15) is 19.3 Å². The molecule has 6 heteroatoms. The lowest BCUT2D eigenvalue weighted by Crippen LogP contribution is -2.49. The maximum absolute atomic E-state index is 13.4. The van der Waals surface area contributed by atoms with E-state index in [1.54, 1.807) is 6.07 Å². The Morgan fingerprint density at radius 1 is 1.32 bits per heavy atom. The predicted molar refractivity (Wildman–Crippen MR) is 67.4 cm³/mol. The van der Waals surface area contributed by atoms with Gasteiger partial charge in [-0.05, 0) is 31.4 Å². The number of likely N-dealkylation sites (tertiary alicyclic amines) is 1. The molecule has 5 nitrogen and oxygen atoms in total. The van der Waals surface area contributed by atoms with E-state index in [4.69, 9.17) is 5.11 Å². The summed E-state index contributed by atoms with van der Waals surface area (Å²) in [5, 5.41) is 11.5. The van der Waals surface area contributed by atoms with Gasteiger partial charge in [0.05, 0.1) is 5.69 Å². The van der Waals surface area contributed by atoms with E-state index >= 15 is 0 Å². The van der Waals surface area contributed by atoms with Gasteiger partial charge in [0.15, 0.2) is 0 Å². The monoisotopic (exact) mass is 266 g/mol. The van der Waals surface area contributed by atoms with Crippen molar-refractivity contribution in [3.63, 3.8) is 0 Å². The second-order valence-electron chi connectivity index (χ2n) is 4.45. The Kier molecular flexibility index (Phi) is 3.99. The molecule has 1 aliphatic rings. The molecule has 1 aromatic rings. The zero-order valence-electron chi connectivity index (χ0n) is 10.3. The predicted octanol–water partition coefficient (Wildman–Crippen LogP) is 2.30. The first-order chi connectivity index (χ1) is 9.09. The second kappa shape index (κ2) is 5.69. The van der Waals surface area contributed by atoms with Gasteiger partial charge in [0, 0.05) is 6.54 Å². The van der Waals surface area contributed by atoms with Crippen LogP contribution >= 0.6 is 0 Å². The summed E-state index contributed by atoms with van der Waals surface area (Å²) < 4.78 is 13.4. The van der Waals surface area contributed by atoms with Gasteiger partial charge in [-0.3, -0.25) is 0 Å². The Morgan fingerprint density at radius 3 is 2.74 bits per heavy atom. The number of para-hydroxylation sites is 1.